The maximum Gasteiger partial charge on any atom is 0.191 e. The Morgan fingerprint density at radius 3 is 2.74 bits per heavy atom. The number of hydrogen-bond donors (Lipinski definition) is 2. The van der Waals surface area contributed by atoms with Gasteiger partial charge in [-0.05, 0) is 42.9 Å². The average molecular weight is 298 g/mol. The molecule has 0 amide bonds. The maximum absolute atomic E-state index is 6.05. The Balaban J connectivity index is 1.54. The van der Waals surface area contributed by atoms with Crippen LogP contribution in [0.1, 0.15) is 30.7 Å². The van der Waals surface area contributed by atoms with Crippen LogP contribution in [0.15, 0.2) is 23.2 Å². The van der Waals surface area contributed by atoms with Gasteiger partial charge in [0.15, 0.2) is 5.96 Å². The van der Waals surface area contributed by atoms with Crippen LogP contribution in [0.4, 0.5) is 0 Å². The Bertz CT molecular complexity index is 495. The molecule has 5 heteroatoms. The lowest BCUT2D eigenvalue weighted by atomic mass is 9.76. The Morgan fingerprint density at radius 2 is 2.05 bits per heavy atom. The number of guanidine groups is 1. The number of nitrogens with one attached hydrogen (secondary N) is 2. The lowest BCUT2D eigenvalue weighted by Gasteiger charge is -2.37. The van der Waals surface area contributed by atoms with Crippen molar-refractivity contribution in [3.8, 4) is 0 Å². The molecule has 2 aliphatic rings. The van der Waals surface area contributed by atoms with Crippen LogP contribution < -0.4 is 10.6 Å². The third-order valence-corrected chi connectivity index (χ3v) is 4.53. The van der Waals surface area contributed by atoms with Gasteiger partial charge >= 0.3 is 0 Å². The largest absolute Gasteiger partial charge is 0.356 e. The van der Waals surface area contributed by atoms with Crippen molar-refractivity contribution in [2.45, 2.75) is 31.2 Å². The summed E-state index contributed by atoms with van der Waals surface area (Å²) in [5.41, 5.74) is 1.28. The molecule has 0 saturated heterocycles. The van der Waals surface area contributed by atoms with Crippen LogP contribution in [0, 0.1) is 0 Å². The molecule has 0 radical (unpaired) electrons. The molecule has 2 N–H and O–H groups in total. The third-order valence-electron chi connectivity index (χ3n) is 3.79. The predicted octanol–water partition coefficient (Wildman–Crippen LogP) is 3.18. The van der Waals surface area contributed by atoms with Crippen LogP contribution in [0.5, 0.6) is 0 Å². The minimum atomic E-state index is 0.517. The number of benzene rings is 1. The summed E-state index contributed by atoms with van der Waals surface area (Å²) in [5, 5.41) is 8.02. The van der Waals surface area contributed by atoms with E-state index < -0.39 is 0 Å². The fraction of sp³-hybridized carbons (Fsp3) is 0.500. The van der Waals surface area contributed by atoms with Crippen molar-refractivity contribution in [1.29, 1.82) is 0 Å². The minimum absolute atomic E-state index is 0.517. The van der Waals surface area contributed by atoms with E-state index in [2.05, 4.69) is 21.7 Å². The van der Waals surface area contributed by atoms with E-state index in [9.17, 15) is 0 Å². The van der Waals surface area contributed by atoms with Crippen molar-refractivity contribution in [3.63, 3.8) is 0 Å². The van der Waals surface area contributed by atoms with Gasteiger partial charge < -0.3 is 10.6 Å². The van der Waals surface area contributed by atoms with Crippen molar-refractivity contribution in [2.24, 2.45) is 4.99 Å². The molecule has 1 aromatic rings. The molecule has 3 nitrogen and oxygen atoms in total. The van der Waals surface area contributed by atoms with Crippen molar-refractivity contribution < 1.29 is 0 Å². The molecule has 0 unspecified atom stereocenters. The average Bonchev–Trinajstić information content (AvgIpc) is 2.38. The van der Waals surface area contributed by atoms with Crippen LogP contribution in [0.3, 0.4) is 0 Å². The number of nitrogens with zero attached hydrogens (tertiary/aromatic N) is 1. The normalized spacial score (nSPS) is 26.1. The highest BCUT2D eigenvalue weighted by Gasteiger charge is 2.31. The first-order chi connectivity index (χ1) is 9.22. The van der Waals surface area contributed by atoms with Crippen molar-refractivity contribution in [3.05, 3.63) is 33.8 Å². The molecule has 1 aliphatic heterocycles. The summed E-state index contributed by atoms with van der Waals surface area (Å²) in [7, 11) is 0. The fourth-order valence-electron chi connectivity index (χ4n) is 2.60. The van der Waals surface area contributed by atoms with Gasteiger partial charge in [0.05, 0.1) is 10.0 Å². The molecule has 0 spiro atoms. The number of aliphatic imine (C=N–C) groups is 1. The van der Waals surface area contributed by atoms with Crippen LogP contribution in [0.2, 0.25) is 10.0 Å². The third kappa shape index (κ3) is 2.98. The molecule has 1 saturated carbocycles. The van der Waals surface area contributed by atoms with Gasteiger partial charge in [-0.1, -0.05) is 29.3 Å². The molecule has 0 atom stereocenters. The van der Waals surface area contributed by atoms with Crippen molar-refractivity contribution in [2.75, 3.05) is 13.1 Å². The van der Waals surface area contributed by atoms with E-state index in [1.54, 1.807) is 0 Å². The van der Waals surface area contributed by atoms with Gasteiger partial charge in [0.25, 0.3) is 0 Å². The molecular formula is C14H17Cl2N3. The fourth-order valence-corrected chi connectivity index (χ4v) is 2.90. The quantitative estimate of drug-likeness (QED) is 0.880. The molecule has 0 aromatic heterocycles. The number of rotatable bonds is 2. The Morgan fingerprint density at radius 1 is 1.21 bits per heavy atom. The number of halogens is 2. The van der Waals surface area contributed by atoms with Gasteiger partial charge in [-0.15, -0.1) is 0 Å². The molecule has 102 valence electrons. The SMILES string of the molecule is Clc1ccc(C2CC(NC3=NCCCN3)C2)cc1Cl. The molecular weight excluding hydrogens is 281 g/mol. The first-order valence-corrected chi connectivity index (χ1v) is 7.48. The van der Waals surface area contributed by atoms with E-state index in [0.717, 1.165) is 38.3 Å². The first kappa shape index (κ1) is 13.1. The topological polar surface area (TPSA) is 36.4 Å². The van der Waals surface area contributed by atoms with Gasteiger partial charge in [-0.25, -0.2) is 0 Å². The summed E-state index contributed by atoms with van der Waals surface area (Å²) < 4.78 is 0. The van der Waals surface area contributed by atoms with Crippen LogP contribution in [0.25, 0.3) is 0 Å². The summed E-state index contributed by atoms with van der Waals surface area (Å²) in [6, 6.07) is 6.46. The standard InChI is InChI=1S/C14H17Cl2N3/c15-12-3-2-9(8-13(12)16)10-6-11(7-10)19-14-17-4-1-5-18-14/h2-3,8,10-11H,1,4-7H2,(H2,17,18,19). The second-order valence-electron chi connectivity index (χ2n) is 5.19. The zero-order valence-corrected chi connectivity index (χ0v) is 12.1. The summed E-state index contributed by atoms with van der Waals surface area (Å²) in [5.74, 6) is 1.54. The van der Waals surface area contributed by atoms with E-state index in [1.165, 1.54) is 5.56 Å². The van der Waals surface area contributed by atoms with Gasteiger partial charge in [0.2, 0.25) is 0 Å². The highest BCUT2D eigenvalue weighted by molar-refractivity contribution is 6.42. The van der Waals surface area contributed by atoms with Gasteiger partial charge in [0.1, 0.15) is 0 Å². The number of hydrogen-bond acceptors (Lipinski definition) is 3. The van der Waals surface area contributed by atoms with E-state index in [1.807, 2.05) is 12.1 Å². The lowest BCUT2D eigenvalue weighted by molar-refractivity contribution is 0.321. The van der Waals surface area contributed by atoms with Crippen molar-refractivity contribution >= 4 is 29.2 Å². The highest BCUT2D eigenvalue weighted by atomic mass is 35.5. The zero-order valence-electron chi connectivity index (χ0n) is 10.6. The first-order valence-electron chi connectivity index (χ1n) is 6.72. The molecule has 1 aromatic carbocycles. The van der Waals surface area contributed by atoms with E-state index in [-0.39, 0.29) is 0 Å². The molecule has 19 heavy (non-hydrogen) atoms. The molecule has 1 aliphatic carbocycles. The molecule has 1 fully saturated rings. The van der Waals surface area contributed by atoms with E-state index in [0.29, 0.717) is 22.0 Å². The second-order valence-corrected chi connectivity index (χ2v) is 6.01. The smallest absolute Gasteiger partial charge is 0.191 e. The highest BCUT2D eigenvalue weighted by Crippen LogP contribution is 2.38. The van der Waals surface area contributed by atoms with Gasteiger partial charge in [0, 0.05) is 19.1 Å². The van der Waals surface area contributed by atoms with Crippen LogP contribution >= 0.6 is 23.2 Å². The minimum Gasteiger partial charge on any atom is -0.356 e. The Hall–Kier alpha value is -0.930. The van der Waals surface area contributed by atoms with Crippen LogP contribution in [-0.4, -0.2) is 25.1 Å². The van der Waals surface area contributed by atoms with E-state index in [4.69, 9.17) is 23.2 Å². The summed E-state index contributed by atoms with van der Waals surface area (Å²) in [6.45, 7) is 1.95. The zero-order chi connectivity index (χ0) is 13.2. The van der Waals surface area contributed by atoms with Gasteiger partial charge in [-0.2, -0.15) is 0 Å². The van der Waals surface area contributed by atoms with Gasteiger partial charge in [-0.3, -0.25) is 4.99 Å². The molecule has 3 rings (SSSR count). The molecule has 0 bridgehead atoms. The van der Waals surface area contributed by atoms with E-state index >= 15 is 0 Å². The Kier molecular flexibility index (Phi) is 3.85. The maximum atomic E-state index is 6.05. The lowest BCUT2D eigenvalue weighted by Crippen LogP contribution is -2.50. The summed E-state index contributed by atoms with van der Waals surface area (Å²) in [4.78, 5) is 4.43. The monoisotopic (exact) mass is 297 g/mol. The summed E-state index contributed by atoms with van der Waals surface area (Å²) >= 11 is 12.0. The second kappa shape index (κ2) is 5.59. The molecule has 1 heterocycles. The summed E-state index contributed by atoms with van der Waals surface area (Å²) in [6.07, 6.45) is 3.37. The van der Waals surface area contributed by atoms with Crippen molar-refractivity contribution in [1.82, 2.24) is 10.6 Å². The predicted molar refractivity (Wildman–Crippen MR) is 80.3 cm³/mol. The van der Waals surface area contributed by atoms with Crippen LogP contribution in [-0.2, 0) is 0 Å². The Labute approximate surface area is 123 Å².